The van der Waals surface area contributed by atoms with Crippen LogP contribution in [0.5, 0.6) is 0 Å². The Hall–Kier alpha value is -2.34. The van der Waals surface area contributed by atoms with Gasteiger partial charge in [0.05, 0.1) is 0 Å². The maximum atomic E-state index is 11.9. The van der Waals surface area contributed by atoms with E-state index in [1.54, 1.807) is 42.6 Å². The molecule has 0 aliphatic carbocycles. The largest absolute Gasteiger partial charge is 0.341 e. The zero-order valence-corrected chi connectivity index (χ0v) is 12.5. The number of anilines is 2. The third-order valence-corrected chi connectivity index (χ3v) is 3.58. The summed E-state index contributed by atoms with van der Waals surface area (Å²) in [5.41, 5.74) is 2.47. The molecule has 0 aliphatic heterocycles. The van der Waals surface area contributed by atoms with Crippen molar-refractivity contribution in [3.63, 3.8) is 0 Å². The fourth-order valence-electron chi connectivity index (χ4n) is 1.78. The van der Waals surface area contributed by atoms with Gasteiger partial charge in [0.25, 0.3) is 0 Å². The zero-order chi connectivity index (χ0) is 15.1. The third kappa shape index (κ3) is 4.92. The van der Waals surface area contributed by atoms with Crippen LogP contribution in [-0.4, -0.2) is 19.0 Å². The molecule has 0 saturated heterocycles. The van der Waals surface area contributed by atoms with E-state index in [4.69, 9.17) is 0 Å². The molecular formula is C15H17N3O2S. The average Bonchev–Trinajstić information content (AvgIpc) is 2.98. The Balaban J connectivity index is 1.88. The lowest BCUT2D eigenvalue weighted by Crippen LogP contribution is -2.24. The van der Waals surface area contributed by atoms with Crippen molar-refractivity contribution in [2.24, 2.45) is 0 Å². The molecule has 0 saturated carbocycles. The fraction of sp³-hybridized carbons (Fsp3) is 0.200. The minimum absolute atomic E-state index is 0.0432. The molecule has 0 radical (unpaired) electrons. The molecule has 0 bridgehead atoms. The number of carbonyl (C=O) groups is 2. The molecule has 3 N–H and O–H groups in total. The monoisotopic (exact) mass is 303 g/mol. The first-order chi connectivity index (χ1) is 10.2. The summed E-state index contributed by atoms with van der Waals surface area (Å²) in [7, 11) is 1.55. The van der Waals surface area contributed by atoms with Crippen LogP contribution in [-0.2, 0) is 11.2 Å². The molecule has 0 aliphatic rings. The predicted octanol–water partition coefficient (Wildman–Crippen LogP) is 3.07. The average molecular weight is 303 g/mol. The molecule has 2 aromatic rings. The number of rotatable bonds is 5. The number of urea groups is 1. The van der Waals surface area contributed by atoms with Crippen molar-refractivity contribution in [1.29, 1.82) is 0 Å². The summed E-state index contributed by atoms with van der Waals surface area (Å²) < 4.78 is 0. The van der Waals surface area contributed by atoms with Gasteiger partial charge in [0.1, 0.15) is 0 Å². The number of aryl methyl sites for hydroxylation is 1. The van der Waals surface area contributed by atoms with E-state index in [1.165, 1.54) is 5.56 Å². The summed E-state index contributed by atoms with van der Waals surface area (Å²) in [6.45, 7) is 0. The van der Waals surface area contributed by atoms with Crippen LogP contribution in [0.15, 0.2) is 41.1 Å². The summed E-state index contributed by atoms with van der Waals surface area (Å²) in [5, 5.41) is 12.0. The van der Waals surface area contributed by atoms with Crippen molar-refractivity contribution in [3.8, 4) is 0 Å². The lowest BCUT2D eigenvalue weighted by atomic mass is 10.2. The SMILES string of the molecule is CNC(=O)Nc1cccc(NC(=O)CCc2ccsc2)c1. The summed E-state index contributed by atoms with van der Waals surface area (Å²) in [6, 6.07) is 8.77. The smallest absolute Gasteiger partial charge is 0.318 e. The van der Waals surface area contributed by atoms with Crippen molar-refractivity contribution in [1.82, 2.24) is 5.32 Å². The summed E-state index contributed by atoms with van der Waals surface area (Å²) in [6.07, 6.45) is 1.16. The van der Waals surface area contributed by atoms with Gasteiger partial charge in [0.2, 0.25) is 5.91 Å². The minimum Gasteiger partial charge on any atom is -0.341 e. The number of nitrogens with one attached hydrogen (secondary N) is 3. The van der Waals surface area contributed by atoms with Gasteiger partial charge in [0, 0.05) is 24.8 Å². The highest BCUT2D eigenvalue weighted by Crippen LogP contribution is 2.16. The minimum atomic E-state index is -0.295. The van der Waals surface area contributed by atoms with E-state index >= 15 is 0 Å². The molecule has 5 nitrogen and oxygen atoms in total. The lowest BCUT2D eigenvalue weighted by Gasteiger charge is -2.08. The predicted molar refractivity (Wildman–Crippen MR) is 85.8 cm³/mol. The van der Waals surface area contributed by atoms with E-state index in [-0.39, 0.29) is 11.9 Å². The highest BCUT2D eigenvalue weighted by Gasteiger charge is 2.05. The Morgan fingerprint density at radius 1 is 1.14 bits per heavy atom. The number of amides is 3. The van der Waals surface area contributed by atoms with E-state index < -0.39 is 0 Å². The Labute approximate surface area is 127 Å². The first-order valence-electron chi connectivity index (χ1n) is 6.57. The second-order valence-corrected chi connectivity index (χ2v) is 5.24. The van der Waals surface area contributed by atoms with Crippen LogP contribution in [0.2, 0.25) is 0 Å². The topological polar surface area (TPSA) is 70.2 Å². The molecule has 0 unspecified atom stereocenters. The molecule has 0 spiro atoms. The summed E-state index contributed by atoms with van der Waals surface area (Å²) in [4.78, 5) is 23.1. The zero-order valence-electron chi connectivity index (χ0n) is 11.7. The van der Waals surface area contributed by atoms with Crippen molar-refractivity contribution in [3.05, 3.63) is 46.7 Å². The van der Waals surface area contributed by atoms with Crippen molar-refractivity contribution in [2.45, 2.75) is 12.8 Å². The second kappa shape index (κ2) is 7.44. The summed E-state index contributed by atoms with van der Waals surface area (Å²) >= 11 is 1.63. The molecular weight excluding hydrogens is 286 g/mol. The van der Waals surface area contributed by atoms with E-state index in [2.05, 4.69) is 16.0 Å². The van der Waals surface area contributed by atoms with Gasteiger partial charge in [-0.2, -0.15) is 11.3 Å². The molecule has 6 heteroatoms. The molecule has 110 valence electrons. The highest BCUT2D eigenvalue weighted by molar-refractivity contribution is 7.07. The van der Waals surface area contributed by atoms with Crippen LogP contribution in [0.3, 0.4) is 0 Å². The quantitative estimate of drug-likeness (QED) is 0.794. The molecule has 1 aromatic heterocycles. The van der Waals surface area contributed by atoms with Crippen LogP contribution in [0.25, 0.3) is 0 Å². The van der Waals surface area contributed by atoms with Gasteiger partial charge >= 0.3 is 6.03 Å². The fourth-order valence-corrected chi connectivity index (χ4v) is 2.49. The van der Waals surface area contributed by atoms with Gasteiger partial charge in [-0.15, -0.1) is 0 Å². The first kappa shape index (κ1) is 15.1. The van der Waals surface area contributed by atoms with Gasteiger partial charge in [-0.25, -0.2) is 4.79 Å². The maximum Gasteiger partial charge on any atom is 0.318 e. The van der Waals surface area contributed by atoms with E-state index in [9.17, 15) is 9.59 Å². The van der Waals surface area contributed by atoms with E-state index in [0.29, 0.717) is 17.8 Å². The summed E-state index contributed by atoms with van der Waals surface area (Å²) in [5.74, 6) is -0.0432. The van der Waals surface area contributed by atoms with Crippen LogP contribution < -0.4 is 16.0 Å². The number of benzene rings is 1. The molecule has 21 heavy (non-hydrogen) atoms. The Kier molecular flexibility index (Phi) is 5.34. The molecule has 3 amide bonds. The molecule has 1 heterocycles. The Morgan fingerprint density at radius 2 is 1.90 bits per heavy atom. The Morgan fingerprint density at radius 3 is 2.57 bits per heavy atom. The first-order valence-corrected chi connectivity index (χ1v) is 7.51. The van der Waals surface area contributed by atoms with Gasteiger partial charge in [-0.1, -0.05) is 6.07 Å². The van der Waals surface area contributed by atoms with Gasteiger partial charge in [0.15, 0.2) is 0 Å². The molecule has 0 atom stereocenters. The van der Waals surface area contributed by atoms with Crippen LogP contribution in [0.1, 0.15) is 12.0 Å². The van der Waals surface area contributed by atoms with Gasteiger partial charge < -0.3 is 16.0 Å². The van der Waals surface area contributed by atoms with E-state index in [1.807, 2.05) is 16.8 Å². The lowest BCUT2D eigenvalue weighted by molar-refractivity contribution is -0.116. The second-order valence-electron chi connectivity index (χ2n) is 4.46. The van der Waals surface area contributed by atoms with Crippen molar-refractivity contribution in [2.75, 3.05) is 17.7 Å². The number of hydrogen-bond acceptors (Lipinski definition) is 3. The molecule has 2 rings (SSSR count). The van der Waals surface area contributed by atoms with E-state index in [0.717, 1.165) is 6.42 Å². The van der Waals surface area contributed by atoms with Gasteiger partial charge in [-0.05, 0) is 47.0 Å². The maximum absolute atomic E-state index is 11.9. The van der Waals surface area contributed by atoms with Crippen LogP contribution in [0, 0.1) is 0 Å². The third-order valence-electron chi connectivity index (χ3n) is 2.85. The van der Waals surface area contributed by atoms with Gasteiger partial charge in [-0.3, -0.25) is 4.79 Å². The Bertz CT molecular complexity index is 611. The molecule has 0 fully saturated rings. The van der Waals surface area contributed by atoms with Crippen LogP contribution >= 0.6 is 11.3 Å². The standard InChI is InChI=1S/C15H17N3O2S/c1-16-15(20)18-13-4-2-3-12(9-13)17-14(19)6-5-11-7-8-21-10-11/h2-4,7-10H,5-6H2,1H3,(H,17,19)(H2,16,18,20). The van der Waals surface area contributed by atoms with Crippen molar-refractivity contribution < 1.29 is 9.59 Å². The number of hydrogen-bond donors (Lipinski definition) is 3. The number of thiophene rings is 1. The number of carbonyl (C=O) groups excluding carboxylic acids is 2. The van der Waals surface area contributed by atoms with Crippen molar-refractivity contribution >= 4 is 34.6 Å². The van der Waals surface area contributed by atoms with Crippen LogP contribution in [0.4, 0.5) is 16.2 Å². The normalized spacial score (nSPS) is 9.95. The molecule has 1 aromatic carbocycles. The highest BCUT2D eigenvalue weighted by atomic mass is 32.1.